The normalized spacial score (nSPS) is 25.1. The second-order valence-electron chi connectivity index (χ2n) is 3.95. The van der Waals surface area contributed by atoms with Crippen LogP contribution in [0.5, 0.6) is 0 Å². The molecule has 1 aromatic rings. The van der Waals surface area contributed by atoms with Gasteiger partial charge in [0.1, 0.15) is 5.82 Å². The molecule has 1 amide bonds. The maximum atomic E-state index is 11.8. The minimum atomic E-state index is 0.0613. The Kier molecular flexibility index (Phi) is 2.97. The zero-order valence-electron chi connectivity index (χ0n) is 8.73. The van der Waals surface area contributed by atoms with Crippen molar-refractivity contribution in [1.29, 1.82) is 0 Å². The largest absolute Gasteiger partial charge is 0.316 e. The molecule has 2 N–H and O–H groups in total. The van der Waals surface area contributed by atoms with Gasteiger partial charge < -0.3 is 10.6 Å². The first-order valence-electron chi connectivity index (χ1n) is 5.20. The number of nitrogens with zero attached hydrogens (tertiary/aromatic N) is 1. The van der Waals surface area contributed by atoms with E-state index in [2.05, 4.69) is 22.5 Å². The molecule has 0 aliphatic carbocycles. The molecule has 2 atom stereocenters. The highest BCUT2D eigenvalue weighted by Gasteiger charge is 2.29. The van der Waals surface area contributed by atoms with Crippen LogP contribution in [0.4, 0.5) is 5.82 Å². The molecular formula is C11H15N3O. The van der Waals surface area contributed by atoms with Gasteiger partial charge in [0.15, 0.2) is 0 Å². The first kappa shape index (κ1) is 10.1. The van der Waals surface area contributed by atoms with E-state index in [4.69, 9.17) is 0 Å². The molecule has 0 unspecified atom stereocenters. The monoisotopic (exact) mass is 205 g/mol. The van der Waals surface area contributed by atoms with Crippen molar-refractivity contribution in [2.75, 3.05) is 18.4 Å². The molecule has 80 valence electrons. The summed E-state index contributed by atoms with van der Waals surface area (Å²) in [5, 5.41) is 6.03. The number of nitrogens with one attached hydrogen (secondary N) is 2. The van der Waals surface area contributed by atoms with Crippen molar-refractivity contribution in [2.45, 2.75) is 6.92 Å². The van der Waals surface area contributed by atoms with Crippen molar-refractivity contribution < 1.29 is 4.79 Å². The molecule has 1 aliphatic rings. The molecule has 1 saturated heterocycles. The molecule has 2 heterocycles. The first-order valence-corrected chi connectivity index (χ1v) is 5.20. The highest BCUT2D eigenvalue weighted by molar-refractivity contribution is 5.92. The summed E-state index contributed by atoms with van der Waals surface area (Å²) in [6.07, 6.45) is 1.67. The molecule has 1 aromatic heterocycles. The van der Waals surface area contributed by atoms with E-state index in [1.54, 1.807) is 12.3 Å². The summed E-state index contributed by atoms with van der Waals surface area (Å²) in [4.78, 5) is 15.9. The number of carbonyl (C=O) groups is 1. The van der Waals surface area contributed by atoms with Gasteiger partial charge in [0.05, 0.1) is 5.92 Å². The molecule has 4 nitrogen and oxygen atoms in total. The molecule has 0 bridgehead atoms. The molecule has 0 aromatic carbocycles. The van der Waals surface area contributed by atoms with Crippen LogP contribution in [-0.2, 0) is 4.79 Å². The molecular weight excluding hydrogens is 190 g/mol. The lowest BCUT2D eigenvalue weighted by Crippen LogP contribution is -2.28. The predicted octanol–water partition coefficient (Wildman–Crippen LogP) is 0.876. The smallest absolute Gasteiger partial charge is 0.230 e. The molecule has 1 fully saturated rings. The summed E-state index contributed by atoms with van der Waals surface area (Å²) in [5.74, 6) is 1.15. The molecule has 4 heteroatoms. The van der Waals surface area contributed by atoms with Gasteiger partial charge in [0.2, 0.25) is 5.91 Å². The average Bonchev–Trinajstić information content (AvgIpc) is 2.66. The maximum Gasteiger partial charge on any atom is 0.230 e. The second kappa shape index (κ2) is 4.40. The van der Waals surface area contributed by atoms with Gasteiger partial charge in [0, 0.05) is 12.7 Å². The minimum Gasteiger partial charge on any atom is -0.316 e. The van der Waals surface area contributed by atoms with Crippen LogP contribution in [0.15, 0.2) is 24.4 Å². The Morgan fingerprint density at radius 3 is 3.00 bits per heavy atom. The number of anilines is 1. The van der Waals surface area contributed by atoms with Crippen LogP contribution in [0.3, 0.4) is 0 Å². The Morgan fingerprint density at radius 2 is 2.40 bits per heavy atom. The maximum absolute atomic E-state index is 11.8. The van der Waals surface area contributed by atoms with E-state index >= 15 is 0 Å². The summed E-state index contributed by atoms with van der Waals surface area (Å²) >= 11 is 0. The van der Waals surface area contributed by atoms with Crippen LogP contribution in [0, 0.1) is 11.8 Å². The van der Waals surface area contributed by atoms with Crippen molar-refractivity contribution in [3.8, 4) is 0 Å². The van der Waals surface area contributed by atoms with E-state index in [1.165, 1.54) is 0 Å². The van der Waals surface area contributed by atoms with Crippen LogP contribution in [0.2, 0.25) is 0 Å². The lowest BCUT2D eigenvalue weighted by molar-refractivity contribution is -0.120. The van der Waals surface area contributed by atoms with Gasteiger partial charge >= 0.3 is 0 Å². The lowest BCUT2D eigenvalue weighted by Gasteiger charge is -2.13. The fourth-order valence-corrected chi connectivity index (χ4v) is 1.82. The van der Waals surface area contributed by atoms with E-state index < -0.39 is 0 Å². The van der Waals surface area contributed by atoms with Crippen molar-refractivity contribution in [1.82, 2.24) is 10.3 Å². The number of hydrogen-bond acceptors (Lipinski definition) is 3. The number of rotatable bonds is 2. The third-order valence-electron chi connectivity index (χ3n) is 2.77. The fraction of sp³-hybridized carbons (Fsp3) is 0.455. The number of pyridine rings is 1. The Bertz CT molecular complexity index is 339. The molecule has 2 rings (SSSR count). The number of amides is 1. The first-order chi connectivity index (χ1) is 7.27. The quantitative estimate of drug-likeness (QED) is 0.753. The SMILES string of the molecule is C[C@@H]1CNC[C@H]1C(=O)Nc1ccccn1. The van der Waals surface area contributed by atoms with E-state index in [0.717, 1.165) is 13.1 Å². The zero-order chi connectivity index (χ0) is 10.7. The lowest BCUT2D eigenvalue weighted by atomic mass is 9.97. The molecule has 1 aliphatic heterocycles. The van der Waals surface area contributed by atoms with E-state index in [0.29, 0.717) is 11.7 Å². The zero-order valence-corrected chi connectivity index (χ0v) is 8.73. The van der Waals surface area contributed by atoms with Gasteiger partial charge in [-0.3, -0.25) is 4.79 Å². The fourth-order valence-electron chi connectivity index (χ4n) is 1.82. The number of aromatic nitrogens is 1. The summed E-state index contributed by atoms with van der Waals surface area (Å²) in [5.41, 5.74) is 0. The van der Waals surface area contributed by atoms with Gasteiger partial charge in [0.25, 0.3) is 0 Å². The molecule has 0 saturated carbocycles. The number of hydrogen-bond donors (Lipinski definition) is 2. The summed E-state index contributed by atoms with van der Waals surface area (Å²) < 4.78 is 0. The highest BCUT2D eigenvalue weighted by atomic mass is 16.2. The molecule has 15 heavy (non-hydrogen) atoms. The third kappa shape index (κ3) is 2.33. The van der Waals surface area contributed by atoms with Crippen LogP contribution in [0.1, 0.15) is 6.92 Å². The van der Waals surface area contributed by atoms with Crippen molar-refractivity contribution in [2.24, 2.45) is 11.8 Å². The van der Waals surface area contributed by atoms with Crippen LogP contribution in [0.25, 0.3) is 0 Å². The predicted molar refractivity (Wildman–Crippen MR) is 58.4 cm³/mol. The van der Waals surface area contributed by atoms with Crippen molar-refractivity contribution in [3.05, 3.63) is 24.4 Å². The molecule has 0 radical (unpaired) electrons. The molecule has 0 spiro atoms. The van der Waals surface area contributed by atoms with Gasteiger partial charge in [-0.2, -0.15) is 0 Å². The van der Waals surface area contributed by atoms with Crippen molar-refractivity contribution in [3.63, 3.8) is 0 Å². The average molecular weight is 205 g/mol. The van der Waals surface area contributed by atoms with Crippen molar-refractivity contribution >= 4 is 11.7 Å². The van der Waals surface area contributed by atoms with E-state index in [1.807, 2.05) is 12.1 Å². The van der Waals surface area contributed by atoms with Crippen LogP contribution >= 0.6 is 0 Å². The minimum absolute atomic E-state index is 0.0613. The number of carbonyl (C=O) groups excluding carboxylic acids is 1. The van der Waals surface area contributed by atoms with Crippen LogP contribution < -0.4 is 10.6 Å². The standard InChI is InChI=1S/C11H15N3O/c1-8-6-12-7-9(8)11(15)14-10-4-2-3-5-13-10/h2-5,8-9,12H,6-7H2,1H3,(H,13,14,15)/t8-,9-/m1/s1. The Labute approximate surface area is 89.1 Å². The third-order valence-corrected chi connectivity index (χ3v) is 2.77. The van der Waals surface area contributed by atoms with E-state index in [-0.39, 0.29) is 11.8 Å². The van der Waals surface area contributed by atoms with Gasteiger partial charge in [-0.1, -0.05) is 13.0 Å². The Hall–Kier alpha value is -1.42. The Morgan fingerprint density at radius 1 is 1.53 bits per heavy atom. The topological polar surface area (TPSA) is 54.0 Å². The summed E-state index contributed by atoms with van der Waals surface area (Å²) in [6, 6.07) is 5.49. The highest BCUT2D eigenvalue weighted by Crippen LogP contribution is 2.17. The van der Waals surface area contributed by atoms with Crippen LogP contribution in [-0.4, -0.2) is 24.0 Å². The van der Waals surface area contributed by atoms with Gasteiger partial charge in [-0.15, -0.1) is 0 Å². The summed E-state index contributed by atoms with van der Waals surface area (Å²) in [6.45, 7) is 3.77. The van der Waals surface area contributed by atoms with Gasteiger partial charge in [-0.25, -0.2) is 4.98 Å². The summed E-state index contributed by atoms with van der Waals surface area (Å²) in [7, 11) is 0. The second-order valence-corrected chi connectivity index (χ2v) is 3.95. The van der Waals surface area contributed by atoms with E-state index in [9.17, 15) is 4.79 Å². The van der Waals surface area contributed by atoms with Gasteiger partial charge in [-0.05, 0) is 24.6 Å². The Balaban J connectivity index is 1.98.